The van der Waals surface area contributed by atoms with Crippen molar-refractivity contribution >= 4 is 17.6 Å². The Balaban J connectivity index is 2.11. The molecule has 6 nitrogen and oxygen atoms in total. The van der Waals surface area contributed by atoms with Gasteiger partial charge in [0.25, 0.3) is 5.91 Å². The number of benzene rings is 1. The first-order valence-electron chi connectivity index (χ1n) is 6.45. The summed E-state index contributed by atoms with van der Waals surface area (Å²) < 4.78 is 10.5. The van der Waals surface area contributed by atoms with Gasteiger partial charge in [-0.15, -0.1) is 0 Å². The van der Waals surface area contributed by atoms with Gasteiger partial charge >= 0.3 is 5.97 Å². The normalized spacial score (nSPS) is 18.4. The minimum Gasteiger partial charge on any atom is -0.495 e. The van der Waals surface area contributed by atoms with E-state index in [-0.39, 0.29) is 11.5 Å². The fraction of sp³-hybridized carbons (Fsp3) is 0.429. The van der Waals surface area contributed by atoms with Gasteiger partial charge < -0.3 is 19.9 Å². The summed E-state index contributed by atoms with van der Waals surface area (Å²) in [5.41, 5.74) is 0.547. The number of anilines is 1. The van der Waals surface area contributed by atoms with Gasteiger partial charge in [-0.2, -0.15) is 0 Å². The Hall–Kier alpha value is -2.08. The number of methoxy groups -OCH3 is 1. The van der Waals surface area contributed by atoms with Crippen LogP contribution in [0.3, 0.4) is 0 Å². The predicted octanol–water partition coefficient (Wildman–Crippen LogP) is 1.90. The third-order valence-corrected chi connectivity index (χ3v) is 3.18. The van der Waals surface area contributed by atoms with Crippen molar-refractivity contribution in [2.24, 2.45) is 0 Å². The van der Waals surface area contributed by atoms with Crippen molar-refractivity contribution in [1.29, 1.82) is 0 Å². The summed E-state index contributed by atoms with van der Waals surface area (Å²) in [5.74, 6) is -0.961. The van der Waals surface area contributed by atoms with Crippen molar-refractivity contribution in [3.8, 4) is 5.75 Å². The van der Waals surface area contributed by atoms with Gasteiger partial charge in [-0.25, -0.2) is 4.79 Å². The molecule has 0 saturated carbocycles. The number of ether oxygens (including phenoxy) is 2. The number of nitrogens with one attached hydrogen (secondary N) is 1. The van der Waals surface area contributed by atoms with E-state index in [0.29, 0.717) is 24.5 Å². The average Bonchev–Trinajstić information content (AvgIpc) is 2.48. The molecule has 1 heterocycles. The highest BCUT2D eigenvalue weighted by Crippen LogP contribution is 2.26. The maximum Gasteiger partial charge on any atom is 0.335 e. The van der Waals surface area contributed by atoms with E-state index in [4.69, 9.17) is 14.6 Å². The van der Waals surface area contributed by atoms with Crippen LogP contribution in [0.15, 0.2) is 18.2 Å². The molecule has 1 saturated heterocycles. The lowest BCUT2D eigenvalue weighted by atomic mass is 10.1. The van der Waals surface area contributed by atoms with Crippen molar-refractivity contribution in [2.45, 2.75) is 25.4 Å². The highest BCUT2D eigenvalue weighted by molar-refractivity contribution is 5.96. The smallest absolute Gasteiger partial charge is 0.335 e. The van der Waals surface area contributed by atoms with Gasteiger partial charge in [0.1, 0.15) is 11.9 Å². The van der Waals surface area contributed by atoms with E-state index in [1.54, 1.807) is 0 Å². The minimum atomic E-state index is -1.04. The topological polar surface area (TPSA) is 84.9 Å². The van der Waals surface area contributed by atoms with Crippen molar-refractivity contribution in [3.05, 3.63) is 23.8 Å². The van der Waals surface area contributed by atoms with E-state index in [2.05, 4.69) is 5.32 Å². The summed E-state index contributed by atoms with van der Waals surface area (Å²) in [4.78, 5) is 22.9. The molecule has 1 aliphatic rings. The van der Waals surface area contributed by atoms with Crippen LogP contribution < -0.4 is 10.1 Å². The van der Waals surface area contributed by atoms with Crippen molar-refractivity contribution in [2.75, 3.05) is 19.0 Å². The summed E-state index contributed by atoms with van der Waals surface area (Å²) in [6, 6.07) is 4.31. The first-order valence-corrected chi connectivity index (χ1v) is 6.45. The molecule has 0 aliphatic carbocycles. The Morgan fingerprint density at radius 1 is 1.40 bits per heavy atom. The fourth-order valence-corrected chi connectivity index (χ4v) is 2.09. The van der Waals surface area contributed by atoms with E-state index < -0.39 is 12.1 Å². The Bertz CT molecular complexity index is 508. The lowest BCUT2D eigenvalue weighted by Crippen LogP contribution is -2.33. The van der Waals surface area contributed by atoms with Crippen LogP contribution in [0.1, 0.15) is 29.6 Å². The first-order chi connectivity index (χ1) is 9.61. The molecule has 0 bridgehead atoms. The van der Waals surface area contributed by atoms with Crippen LogP contribution in [0.4, 0.5) is 5.69 Å². The van der Waals surface area contributed by atoms with Gasteiger partial charge in [-0.1, -0.05) is 0 Å². The molecule has 1 amide bonds. The van der Waals surface area contributed by atoms with Crippen LogP contribution in [0, 0.1) is 0 Å². The maximum absolute atomic E-state index is 12.0. The molecule has 1 fully saturated rings. The number of carboxylic acids is 1. The quantitative estimate of drug-likeness (QED) is 0.879. The number of amides is 1. The van der Waals surface area contributed by atoms with Crippen LogP contribution in [-0.2, 0) is 9.53 Å². The molecule has 2 N–H and O–H groups in total. The second kappa shape index (κ2) is 6.38. The average molecular weight is 279 g/mol. The second-order valence-electron chi connectivity index (χ2n) is 4.56. The number of hydrogen-bond donors (Lipinski definition) is 2. The largest absolute Gasteiger partial charge is 0.495 e. The Labute approximate surface area is 116 Å². The first kappa shape index (κ1) is 14.3. The van der Waals surface area contributed by atoms with Crippen molar-refractivity contribution in [1.82, 2.24) is 0 Å². The number of carboxylic acid groups (broad SMARTS) is 1. The molecule has 0 radical (unpaired) electrons. The van der Waals surface area contributed by atoms with Crippen molar-refractivity contribution in [3.63, 3.8) is 0 Å². The van der Waals surface area contributed by atoms with Gasteiger partial charge in [0.05, 0.1) is 18.4 Å². The monoisotopic (exact) mass is 279 g/mol. The van der Waals surface area contributed by atoms with Gasteiger partial charge in [0.2, 0.25) is 0 Å². The zero-order valence-corrected chi connectivity index (χ0v) is 11.2. The highest BCUT2D eigenvalue weighted by atomic mass is 16.5. The minimum absolute atomic E-state index is 0.105. The fourth-order valence-electron chi connectivity index (χ4n) is 2.09. The molecule has 1 atom stereocenters. The molecule has 0 spiro atoms. The third-order valence-electron chi connectivity index (χ3n) is 3.18. The molecule has 1 aromatic rings. The zero-order valence-electron chi connectivity index (χ0n) is 11.2. The van der Waals surface area contributed by atoms with Crippen LogP contribution in [0.25, 0.3) is 0 Å². The van der Waals surface area contributed by atoms with Gasteiger partial charge in [0.15, 0.2) is 0 Å². The second-order valence-corrected chi connectivity index (χ2v) is 4.56. The lowest BCUT2D eigenvalue weighted by molar-refractivity contribution is -0.129. The highest BCUT2D eigenvalue weighted by Gasteiger charge is 2.23. The van der Waals surface area contributed by atoms with Crippen LogP contribution in [-0.4, -0.2) is 36.8 Å². The Morgan fingerprint density at radius 3 is 2.80 bits per heavy atom. The zero-order chi connectivity index (χ0) is 14.5. The molecule has 108 valence electrons. The molecule has 0 aromatic heterocycles. The maximum atomic E-state index is 12.0. The predicted molar refractivity (Wildman–Crippen MR) is 72.2 cm³/mol. The standard InChI is InChI=1S/C14H17NO5/c1-19-12-8-9(14(17)18)5-6-10(12)15-13(16)11-4-2-3-7-20-11/h5-6,8,11H,2-4,7H2,1H3,(H,15,16)(H,17,18). The van der Waals surface area contributed by atoms with E-state index in [0.717, 1.165) is 12.8 Å². The molecular weight excluding hydrogens is 262 g/mol. The summed E-state index contributed by atoms with van der Waals surface area (Å²) in [5, 5.41) is 11.6. The van der Waals surface area contributed by atoms with Crippen molar-refractivity contribution < 1.29 is 24.2 Å². The van der Waals surface area contributed by atoms with Gasteiger partial charge in [-0.05, 0) is 37.5 Å². The van der Waals surface area contributed by atoms with E-state index in [1.165, 1.54) is 25.3 Å². The van der Waals surface area contributed by atoms with Crippen LogP contribution >= 0.6 is 0 Å². The van der Waals surface area contributed by atoms with Gasteiger partial charge in [-0.3, -0.25) is 4.79 Å². The number of hydrogen-bond acceptors (Lipinski definition) is 4. The number of rotatable bonds is 4. The Kier molecular flexibility index (Phi) is 4.57. The molecule has 1 aliphatic heterocycles. The third kappa shape index (κ3) is 3.27. The van der Waals surface area contributed by atoms with Crippen LogP contribution in [0.2, 0.25) is 0 Å². The summed E-state index contributed by atoms with van der Waals surface area (Å²) in [6.07, 6.45) is 2.18. The summed E-state index contributed by atoms with van der Waals surface area (Å²) >= 11 is 0. The SMILES string of the molecule is COc1cc(C(=O)O)ccc1NC(=O)C1CCCCO1. The van der Waals surface area contributed by atoms with Gasteiger partial charge in [0, 0.05) is 6.61 Å². The molecule has 1 aromatic carbocycles. The molecule has 1 unspecified atom stereocenters. The molecular formula is C14H17NO5. The lowest BCUT2D eigenvalue weighted by Gasteiger charge is -2.22. The van der Waals surface area contributed by atoms with Crippen LogP contribution in [0.5, 0.6) is 5.75 Å². The summed E-state index contributed by atoms with van der Waals surface area (Å²) in [7, 11) is 1.42. The van der Waals surface area contributed by atoms with E-state index in [1.807, 2.05) is 0 Å². The van der Waals surface area contributed by atoms with E-state index in [9.17, 15) is 9.59 Å². The molecule has 20 heavy (non-hydrogen) atoms. The molecule has 2 rings (SSSR count). The number of aromatic carboxylic acids is 1. The molecule has 6 heteroatoms. The number of carbonyl (C=O) groups excluding carboxylic acids is 1. The summed E-state index contributed by atoms with van der Waals surface area (Å²) in [6.45, 7) is 0.590. The Morgan fingerprint density at radius 2 is 2.20 bits per heavy atom. The number of carbonyl (C=O) groups is 2. The van der Waals surface area contributed by atoms with E-state index >= 15 is 0 Å².